The predicted molar refractivity (Wildman–Crippen MR) is 131 cm³/mol. The molecule has 0 unspecified atom stereocenters. The number of hydrogen-bond donors (Lipinski definition) is 0. The van der Waals surface area contributed by atoms with Crippen molar-refractivity contribution in [2.45, 2.75) is 107 Å². The number of carbonyl (C=O) groups is 3. The van der Waals surface area contributed by atoms with Crippen molar-refractivity contribution in [2.75, 3.05) is 0 Å². The number of hydrogen-bond acceptors (Lipinski definition) is 3. The molecule has 0 amide bonds. The zero-order chi connectivity index (χ0) is 24.4. The quantitative estimate of drug-likeness (QED) is 0.443. The van der Waals surface area contributed by atoms with Gasteiger partial charge in [0.2, 0.25) is 0 Å². The van der Waals surface area contributed by atoms with Crippen molar-refractivity contribution < 1.29 is 14.4 Å². The van der Waals surface area contributed by atoms with Gasteiger partial charge in [0.25, 0.3) is 0 Å². The van der Waals surface area contributed by atoms with Crippen LogP contribution < -0.4 is 0 Å². The lowest BCUT2D eigenvalue weighted by Gasteiger charge is -2.65. The van der Waals surface area contributed by atoms with Crippen LogP contribution in [0.15, 0.2) is 11.1 Å². The highest BCUT2D eigenvalue weighted by molar-refractivity contribution is 6.12. The predicted octanol–water partition coefficient (Wildman–Crippen LogP) is 6.74. The Balaban J connectivity index is 1.68. The molecular formula is C30H44O3. The van der Waals surface area contributed by atoms with Gasteiger partial charge >= 0.3 is 0 Å². The Labute approximate surface area is 200 Å². The second-order valence-electron chi connectivity index (χ2n) is 14.3. The molecule has 0 radical (unpaired) electrons. The molecule has 5 aliphatic rings. The molecule has 7 atom stereocenters. The summed E-state index contributed by atoms with van der Waals surface area (Å²) in [7, 11) is 0. The van der Waals surface area contributed by atoms with E-state index < -0.39 is 5.41 Å². The van der Waals surface area contributed by atoms with Crippen LogP contribution >= 0.6 is 0 Å². The van der Waals surface area contributed by atoms with Crippen LogP contribution in [0.2, 0.25) is 0 Å². The third-order valence-electron chi connectivity index (χ3n) is 12.5. The Hall–Kier alpha value is -1.25. The molecule has 3 heteroatoms. The lowest BCUT2D eigenvalue weighted by Crippen LogP contribution is -2.62. The Bertz CT molecular complexity index is 985. The zero-order valence-corrected chi connectivity index (χ0v) is 22.2. The van der Waals surface area contributed by atoms with Crippen LogP contribution in [0.3, 0.4) is 0 Å². The van der Waals surface area contributed by atoms with Gasteiger partial charge in [-0.25, -0.2) is 0 Å². The summed E-state index contributed by atoms with van der Waals surface area (Å²) in [5.41, 5.74) is 0.654. The third-order valence-corrected chi connectivity index (χ3v) is 12.5. The monoisotopic (exact) mass is 452 g/mol. The second kappa shape index (κ2) is 6.70. The smallest absolute Gasteiger partial charge is 0.160 e. The topological polar surface area (TPSA) is 51.2 Å². The Kier molecular flexibility index (Phi) is 4.77. The van der Waals surface area contributed by atoms with Gasteiger partial charge in [-0.1, -0.05) is 55.4 Å². The molecule has 3 nitrogen and oxygen atoms in total. The fraction of sp³-hybridized carbons (Fsp3) is 0.833. The fourth-order valence-electron chi connectivity index (χ4n) is 10.5. The first-order chi connectivity index (χ1) is 15.1. The first kappa shape index (κ1) is 23.5. The summed E-state index contributed by atoms with van der Waals surface area (Å²) < 4.78 is 0. The summed E-state index contributed by atoms with van der Waals surface area (Å²) >= 11 is 0. The van der Waals surface area contributed by atoms with Crippen LogP contribution in [0, 0.1) is 50.7 Å². The van der Waals surface area contributed by atoms with E-state index in [1.165, 1.54) is 12.8 Å². The molecule has 0 bridgehead atoms. The molecule has 3 saturated carbocycles. The van der Waals surface area contributed by atoms with E-state index in [-0.39, 0.29) is 44.9 Å². The standard InChI is InChI=1S/C30H44O3/c1-17(2)18-9-10-21-27(18,5)13-14-29(7)25-19(31)15-22-26(3,4)23(33)11-12-28(22,6)24(25)20(32)16-30(21,29)8/h17-18,21-22H,9-16H2,1-8H3/t18-,21-,22-,27-,28+,29-,30+/m1/s1. The largest absolute Gasteiger partial charge is 0.299 e. The molecule has 0 heterocycles. The molecule has 182 valence electrons. The number of fused-ring (bicyclic) bond motifs is 6. The lowest BCUT2D eigenvalue weighted by molar-refractivity contribution is -0.154. The average molecular weight is 453 g/mol. The van der Waals surface area contributed by atoms with Gasteiger partial charge in [0.15, 0.2) is 11.6 Å². The Morgan fingerprint density at radius 1 is 0.788 bits per heavy atom. The van der Waals surface area contributed by atoms with Gasteiger partial charge in [0, 0.05) is 46.7 Å². The van der Waals surface area contributed by atoms with Gasteiger partial charge < -0.3 is 0 Å². The first-order valence-corrected chi connectivity index (χ1v) is 13.5. The maximum absolute atomic E-state index is 14.1. The van der Waals surface area contributed by atoms with Crippen molar-refractivity contribution >= 4 is 17.3 Å². The van der Waals surface area contributed by atoms with E-state index in [2.05, 4.69) is 41.5 Å². The number of ketones is 3. The van der Waals surface area contributed by atoms with Crippen LogP contribution in [0.1, 0.15) is 107 Å². The number of Topliss-reactive ketones (excluding diaryl/α,β-unsaturated/α-hetero) is 3. The fourth-order valence-corrected chi connectivity index (χ4v) is 10.5. The van der Waals surface area contributed by atoms with Crippen molar-refractivity contribution in [1.82, 2.24) is 0 Å². The molecule has 0 aromatic rings. The molecule has 5 aliphatic carbocycles. The second-order valence-corrected chi connectivity index (χ2v) is 14.3. The highest BCUT2D eigenvalue weighted by Gasteiger charge is 2.70. The lowest BCUT2D eigenvalue weighted by atomic mass is 9.37. The minimum Gasteiger partial charge on any atom is -0.299 e. The molecule has 5 rings (SSSR count). The maximum atomic E-state index is 14.1. The summed E-state index contributed by atoms with van der Waals surface area (Å²) in [4.78, 5) is 41.0. The van der Waals surface area contributed by atoms with Gasteiger partial charge in [-0.15, -0.1) is 0 Å². The Morgan fingerprint density at radius 3 is 2.09 bits per heavy atom. The van der Waals surface area contributed by atoms with E-state index in [0.29, 0.717) is 43.4 Å². The van der Waals surface area contributed by atoms with E-state index in [1.807, 2.05) is 13.8 Å². The molecule has 0 aliphatic heterocycles. The first-order valence-electron chi connectivity index (χ1n) is 13.5. The highest BCUT2D eigenvalue weighted by Crippen LogP contribution is 2.74. The Morgan fingerprint density at radius 2 is 1.45 bits per heavy atom. The highest BCUT2D eigenvalue weighted by atomic mass is 16.1. The molecule has 0 saturated heterocycles. The SMILES string of the molecule is CC(C)[C@H]1CC[C@@H]2[C@]1(C)CC[C@]1(C)C3=C(C(=O)C[C@@]21C)[C@@]1(C)CCC(=O)C(C)(C)[C@H]1CC3=O. The van der Waals surface area contributed by atoms with E-state index in [0.717, 1.165) is 24.0 Å². The minimum atomic E-state index is -0.551. The number of allylic oxidation sites excluding steroid dienone is 2. The molecule has 33 heavy (non-hydrogen) atoms. The van der Waals surface area contributed by atoms with Crippen LogP contribution in [-0.4, -0.2) is 17.3 Å². The summed E-state index contributed by atoms with van der Waals surface area (Å²) in [5.74, 6) is 2.40. The zero-order valence-electron chi connectivity index (χ0n) is 22.2. The molecule has 0 spiro atoms. The summed E-state index contributed by atoms with van der Waals surface area (Å²) in [6, 6.07) is 0. The van der Waals surface area contributed by atoms with E-state index >= 15 is 0 Å². The van der Waals surface area contributed by atoms with Gasteiger partial charge in [-0.2, -0.15) is 0 Å². The van der Waals surface area contributed by atoms with Crippen LogP contribution in [0.5, 0.6) is 0 Å². The van der Waals surface area contributed by atoms with Crippen molar-refractivity contribution in [3.63, 3.8) is 0 Å². The normalized spacial score (nSPS) is 49.0. The van der Waals surface area contributed by atoms with Crippen LogP contribution in [-0.2, 0) is 14.4 Å². The number of carbonyl (C=O) groups excluding carboxylic acids is 3. The van der Waals surface area contributed by atoms with Crippen molar-refractivity contribution in [3.8, 4) is 0 Å². The van der Waals surface area contributed by atoms with E-state index in [9.17, 15) is 14.4 Å². The molecular weight excluding hydrogens is 408 g/mol. The minimum absolute atomic E-state index is 0.0694. The average Bonchev–Trinajstić information content (AvgIpc) is 3.07. The van der Waals surface area contributed by atoms with Gasteiger partial charge in [0.05, 0.1) is 0 Å². The summed E-state index contributed by atoms with van der Waals surface area (Å²) in [5, 5.41) is 0. The van der Waals surface area contributed by atoms with Gasteiger partial charge in [-0.05, 0) is 66.6 Å². The van der Waals surface area contributed by atoms with Crippen molar-refractivity contribution in [2.24, 2.45) is 50.7 Å². The maximum Gasteiger partial charge on any atom is 0.160 e. The summed E-state index contributed by atoms with van der Waals surface area (Å²) in [6.45, 7) is 18.1. The molecule has 0 aromatic heterocycles. The van der Waals surface area contributed by atoms with E-state index in [4.69, 9.17) is 0 Å². The number of rotatable bonds is 1. The summed E-state index contributed by atoms with van der Waals surface area (Å²) in [6.07, 6.45) is 6.78. The van der Waals surface area contributed by atoms with Gasteiger partial charge in [-0.3, -0.25) is 14.4 Å². The van der Waals surface area contributed by atoms with Crippen molar-refractivity contribution in [1.29, 1.82) is 0 Å². The molecule has 0 N–H and O–H groups in total. The van der Waals surface area contributed by atoms with Crippen LogP contribution in [0.4, 0.5) is 0 Å². The van der Waals surface area contributed by atoms with Crippen LogP contribution in [0.25, 0.3) is 0 Å². The molecule has 0 aromatic carbocycles. The third kappa shape index (κ3) is 2.61. The molecule has 3 fully saturated rings. The van der Waals surface area contributed by atoms with Crippen molar-refractivity contribution in [3.05, 3.63) is 11.1 Å². The van der Waals surface area contributed by atoms with E-state index in [1.54, 1.807) is 0 Å². The van der Waals surface area contributed by atoms with Gasteiger partial charge in [0.1, 0.15) is 5.78 Å².